The summed E-state index contributed by atoms with van der Waals surface area (Å²) in [7, 11) is 0. The minimum Gasteiger partial charge on any atom is -0.381 e. The Bertz CT molecular complexity index is 610. The maximum absolute atomic E-state index is 13.2. The molecule has 0 amide bonds. The van der Waals surface area contributed by atoms with Crippen LogP contribution in [0.1, 0.15) is 31.0 Å². The van der Waals surface area contributed by atoms with Gasteiger partial charge in [0.2, 0.25) is 0 Å². The molecule has 0 aliphatic heterocycles. The number of halogens is 1. The maximum Gasteiger partial charge on any atom is 0.141 e. The van der Waals surface area contributed by atoms with Crippen LogP contribution in [0.2, 0.25) is 0 Å². The fraction of sp³-hybridized carbons (Fsp3) is 0.286. The number of nitrogens with zero attached hydrogens (tertiary/aromatic N) is 3. The van der Waals surface area contributed by atoms with E-state index in [2.05, 4.69) is 24.3 Å². The summed E-state index contributed by atoms with van der Waals surface area (Å²) >= 11 is 0. The highest BCUT2D eigenvalue weighted by Gasteiger charge is 2.04. The van der Waals surface area contributed by atoms with Crippen LogP contribution in [0.4, 0.5) is 10.1 Å². The molecule has 1 aromatic heterocycles. The third kappa shape index (κ3) is 3.10. The Morgan fingerprint density at radius 3 is 2.89 bits per heavy atom. The number of aromatic nitrogens is 2. The molecule has 0 saturated heterocycles. The van der Waals surface area contributed by atoms with Gasteiger partial charge < -0.3 is 5.32 Å². The van der Waals surface area contributed by atoms with Crippen molar-refractivity contribution in [2.24, 2.45) is 0 Å². The molecule has 0 radical (unpaired) electrons. The number of nitriles is 1. The van der Waals surface area contributed by atoms with Crippen LogP contribution in [0.3, 0.4) is 0 Å². The lowest BCUT2D eigenvalue weighted by atomic mass is 10.2. The van der Waals surface area contributed by atoms with E-state index >= 15 is 0 Å². The van der Waals surface area contributed by atoms with Crippen molar-refractivity contribution in [3.05, 3.63) is 47.5 Å². The van der Waals surface area contributed by atoms with Gasteiger partial charge in [-0.1, -0.05) is 0 Å². The summed E-state index contributed by atoms with van der Waals surface area (Å²) < 4.78 is 15.0. The number of anilines is 1. The van der Waals surface area contributed by atoms with Crippen LogP contribution in [0.15, 0.2) is 30.6 Å². The average Bonchev–Trinajstić information content (AvgIpc) is 2.87. The Labute approximate surface area is 111 Å². The minimum atomic E-state index is -0.499. The Balaban J connectivity index is 2.04. The third-order valence-corrected chi connectivity index (χ3v) is 2.77. The lowest BCUT2D eigenvalue weighted by molar-refractivity contribution is 0.532. The van der Waals surface area contributed by atoms with E-state index < -0.39 is 5.82 Å². The molecule has 19 heavy (non-hydrogen) atoms. The van der Waals surface area contributed by atoms with Crippen LogP contribution < -0.4 is 5.32 Å². The van der Waals surface area contributed by atoms with E-state index in [1.807, 2.05) is 16.9 Å². The predicted molar refractivity (Wildman–Crippen MR) is 71.1 cm³/mol. The first kappa shape index (κ1) is 13.1. The number of benzene rings is 1. The Morgan fingerprint density at radius 1 is 1.47 bits per heavy atom. The van der Waals surface area contributed by atoms with Gasteiger partial charge in [-0.2, -0.15) is 10.4 Å². The molecule has 4 nitrogen and oxygen atoms in total. The summed E-state index contributed by atoms with van der Waals surface area (Å²) in [5.74, 6) is -0.499. The monoisotopic (exact) mass is 258 g/mol. The lowest BCUT2D eigenvalue weighted by Gasteiger charge is -2.06. The van der Waals surface area contributed by atoms with Crippen molar-refractivity contribution in [2.45, 2.75) is 26.4 Å². The molecule has 5 heteroatoms. The third-order valence-electron chi connectivity index (χ3n) is 2.77. The van der Waals surface area contributed by atoms with E-state index in [4.69, 9.17) is 5.26 Å². The fourth-order valence-corrected chi connectivity index (χ4v) is 1.68. The Kier molecular flexibility index (Phi) is 3.81. The van der Waals surface area contributed by atoms with Crippen LogP contribution >= 0.6 is 0 Å². The molecule has 0 aliphatic carbocycles. The van der Waals surface area contributed by atoms with Crippen molar-refractivity contribution in [3.63, 3.8) is 0 Å². The van der Waals surface area contributed by atoms with Crippen molar-refractivity contribution in [1.29, 1.82) is 5.26 Å². The number of hydrogen-bond acceptors (Lipinski definition) is 3. The molecule has 2 aromatic rings. The van der Waals surface area contributed by atoms with Gasteiger partial charge >= 0.3 is 0 Å². The molecule has 2 rings (SSSR count). The molecular formula is C14H15FN4. The molecule has 0 aliphatic rings. The highest BCUT2D eigenvalue weighted by atomic mass is 19.1. The van der Waals surface area contributed by atoms with E-state index in [0.717, 1.165) is 11.3 Å². The summed E-state index contributed by atoms with van der Waals surface area (Å²) in [5.41, 5.74) is 1.80. The maximum atomic E-state index is 13.2. The smallest absolute Gasteiger partial charge is 0.141 e. The lowest BCUT2D eigenvalue weighted by Crippen LogP contribution is -2.01. The topological polar surface area (TPSA) is 53.6 Å². The van der Waals surface area contributed by atoms with Crippen LogP contribution in [0.5, 0.6) is 0 Å². The van der Waals surface area contributed by atoms with Gasteiger partial charge in [-0.05, 0) is 32.0 Å². The van der Waals surface area contributed by atoms with E-state index in [0.29, 0.717) is 12.6 Å². The number of nitrogens with one attached hydrogen (secondary N) is 1. The van der Waals surface area contributed by atoms with Gasteiger partial charge in [-0.15, -0.1) is 0 Å². The first-order valence-electron chi connectivity index (χ1n) is 6.06. The van der Waals surface area contributed by atoms with Gasteiger partial charge in [0.1, 0.15) is 11.9 Å². The van der Waals surface area contributed by atoms with Crippen LogP contribution in [0, 0.1) is 17.1 Å². The van der Waals surface area contributed by atoms with Crippen molar-refractivity contribution < 1.29 is 4.39 Å². The predicted octanol–water partition coefficient (Wildman–Crippen LogP) is 3.09. The van der Waals surface area contributed by atoms with Crippen LogP contribution in [-0.2, 0) is 6.54 Å². The molecule has 0 spiro atoms. The fourth-order valence-electron chi connectivity index (χ4n) is 1.68. The largest absolute Gasteiger partial charge is 0.381 e. The average molecular weight is 258 g/mol. The molecule has 1 N–H and O–H groups in total. The Morgan fingerprint density at radius 2 is 2.26 bits per heavy atom. The zero-order chi connectivity index (χ0) is 13.8. The van der Waals surface area contributed by atoms with Crippen molar-refractivity contribution in [2.75, 3.05) is 5.32 Å². The molecule has 0 fully saturated rings. The minimum absolute atomic E-state index is 0.0443. The summed E-state index contributed by atoms with van der Waals surface area (Å²) in [6, 6.07) is 6.55. The molecule has 1 aromatic carbocycles. The SMILES string of the molecule is CC(C)n1cc(CNc2ccc(F)c(C#N)c2)cn1. The van der Waals surface area contributed by atoms with Crippen molar-refractivity contribution >= 4 is 5.69 Å². The molecule has 1 heterocycles. The second-order valence-electron chi connectivity index (χ2n) is 4.58. The van der Waals surface area contributed by atoms with Gasteiger partial charge in [-0.25, -0.2) is 4.39 Å². The van der Waals surface area contributed by atoms with Crippen molar-refractivity contribution in [1.82, 2.24) is 9.78 Å². The van der Waals surface area contributed by atoms with Gasteiger partial charge in [-0.3, -0.25) is 4.68 Å². The highest BCUT2D eigenvalue weighted by Crippen LogP contribution is 2.15. The normalized spacial score (nSPS) is 10.5. The summed E-state index contributed by atoms with van der Waals surface area (Å²) in [4.78, 5) is 0. The summed E-state index contributed by atoms with van der Waals surface area (Å²) in [6.45, 7) is 4.70. The molecule has 0 atom stereocenters. The second kappa shape index (κ2) is 5.53. The quantitative estimate of drug-likeness (QED) is 0.916. The van der Waals surface area contributed by atoms with Crippen LogP contribution in [0.25, 0.3) is 0 Å². The highest BCUT2D eigenvalue weighted by molar-refractivity contribution is 5.50. The van der Waals surface area contributed by atoms with Gasteiger partial charge in [0.05, 0.1) is 11.8 Å². The first-order chi connectivity index (χ1) is 9.10. The number of hydrogen-bond donors (Lipinski definition) is 1. The van der Waals surface area contributed by atoms with Crippen LogP contribution in [-0.4, -0.2) is 9.78 Å². The standard InChI is InChI=1S/C14H15FN4/c1-10(2)19-9-11(8-18-19)7-17-13-3-4-14(15)12(5-13)6-16/h3-5,8-10,17H,7H2,1-2H3. The van der Waals surface area contributed by atoms with Gasteiger partial charge in [0.25, 0.3) is 0 Å². The molecular weight excluding hydrogens is 243 g/mol. The molecule has 0 unspecified atom stereocenters. The van der Waals surface area contributed by atoms with Crippen molar-refractivity contribution in [3.8, 4) is 6.07 Å². The Hall–Kier alpha value is -2.35. The summed E-state index contributed by atoms with van der Waals surface area (Å²) in [5, 5.41) is 16.1. The van der Waals surface area contributed by atoms with E-state index in [1.165, 1.54) is 12.1 Å². The number of rotatable bonds is 4. The molecule has 98 valence electrons. The molecule has 0 saturated carbocycles. The van der Waals surface area contributed by atoms with E-state index in [-0.39, 0.29) is 5.56 Å². The first-order valence-corrected chi connectivity index (χ1v) is 6.06. The van der Waals surface area contributed by atoms with Gasteiger partial charge in [0, 0.05) is 30.0 Å². The second-order valence-corrected chi connectivity index (χ2v) is 4.58. The zero-order valence-corrected chi connectivity index (χ0v) is 10.9. The summed E-state index contributed by atoms with van der Waals surface area (Å²) in [6.07, 6.45) is 3.76. The molecule has 0 bridgehead atoms. The van der Waals surface area contributed by atoms with Gasteiger partial charge in [0.15, 0.2) is 0 Å². The van der Waals surface area contributed by atoms with E-state index in [1.54, 1.807) is 12.3 Å². The van der Waals surface area contributed by atoms with E-state index in [9.17, 15) is 4.39 Å². The zero-order valence-electron chi connectivity index (χ0n) is 10.9.